The molecule has 146 valence electrons. The Bertz CT molecular complexity index is 796. The number of carbonyl (C=O) groups excluding carboxylic acids is 2. The molecule has 4 rings (SSSR count). The van der Waals surface area contributed by atoms with Crippen LogP contribution in [0, 0.1) is 11.8 Å². The number of halogens is 1. The van der Waals surface area contributed by atoms with E-state index in [1.165, 1.54) is 24.9 Å². The van der Waals surface area contributed by atoms with Crippen molar-refractivity contribution in [1.29, 1.82) is 0 Å². The maximum absolute atomic E-state index is 13.1. The summed E-state index contributed by atoms with van der Waals surface area (Å²) >= 11 is 7.52. The molecule has 3 saturated heterocycles. The maximum Gasteiger partial charge on any atom is 0.274 e. The first-order valence-electron chi connectivity index (χ1n) is 8.78. The van der Waals surface area contributed by atoms with Gasteiger partial charge in [0.25, 0.3) is 5.91 Å². The van der Waals surface area contributed by atoms with E-state index in [-0.39, 0.29) is 47.1 Å². The summed E-state index contributed by atoms with van der Waals surface area (Å²) in [5.41, 5.74) is -0.466. The van der Waals surface area contributed by atoms with Crippen LogP contribution >= 0.6 is 23.4 Å². The highest BCUT2D eigenvalue weighted by atomic mass is 35.5. The Balaban J connectivity index is 1.64. The third-order valence-electron chi connectivity index (χ3n) is 5.84. The molecule has 2 bridgehead atoms. The van der Waals surface area contributed by atoms with Gasteiger partial charge in [-0.15, -0.1) is 0 Å². The summed E-state index contributed by atoms with van der Waals surface area (Å²) in [7, 11) is 0. The van der Waals surface area contributed by atoms with Crippen molar-refractivity contribution in [1.82, 2.24) is 19.8 Å². The molecule has 0 aromatic carbocycles. The fourth-order valence-corrected chi connectivity index (χ4v) is 5.09. The molecule has 10 heteroatoms. The Hall–Kier alpha value is -1.42. The topological polar surface area (TPSA) is 95.9 Å². The van der Waals surface area contributed by atoms with Gasteiger partial charge in [-0.05, 0) is 6.26 Å². The number of hydrogen-bond donors (Lipinski definition) is 1. The van der Waals surface area contributed by atoms with Crippen LogP contribution < -0.4 is 0 Å². The Morgan fingerprint density at radius 3 is 2.81 bits per heavy atom. The first kappa shape index (κ1) is 18.9. The van der Waals surface area contributed by atoms with Crippen LogP contribution in [0.5, 0.6) is 0 Å². The lowest BCUT2D eigenvalue weighted by Gasteiger charge is -2.40. The number of ether oxygens (including phenoxy) is 1. The van der Waals surface area contributed by atoms with E-state index in [0.717, 1.165) is 0 Å². The van der Waals surface area contributed by atoms with Gasteiger partial charge in [0.2, 0.25) is 5.91 Å². The number of thioether (sulfide) groups is 1. The highest BCUT2D eigenvalue weighted by Gasteiger charge is 2.63. The summed E-state index contributed by atoms with van der Waals surface area (Å²) in [6.07, 6.45) is 3.01. The van der Waals surface area contributed by atoms with Crippen molar-refractivity contribution in [2.45, 2.75) is 23.8 Å². The van der Waals surface area contributed by atoms with E-state index in [1.807, 2.05) is 6.26 Å². The molecule has 2 amide bonds. The largest absolute Gasteiger partial charge is 0.396 e. The summed E-state index contributed by atoms with van der Waals surface area (Å²) in [5, 5.41) is 10.6. The van der Waals surface area contributed by atoms with Crippen molar-refractivity contribution in [2.75, 3.05) is 39.0 Å². The third-order valence-corrected chi connectivity index (χ3v) is 6.68. The summed E-state index contributed by atoms with van der Waals surface area (Å²) in [5.74, 6) is -0.391. The number of aliphatic hydroxyl groups is 1. The number of amides is 2. The molecule has 0 unspecified atom stereocenters. The molecule has 0 saturated carbocycles. The van der Waals surface area contributed by atoms with Gasteiger partial charge in [-0.1, -0.05) is 23.4 Å². The van der Waals surface area contributed by atoms with Crippen molar-refractivity contribution >= 4 is 35.2 Å². The number of aliphatic hydroxyl groups excluding tert-OH is 1. The first-order valence-corrected chi connectivity index (χ1v) is 10.4. The third kappa shape index (κ3) is 3.00. The molecule has 1 spiro atoms. The molecule has 1 aromatic heterocycles. The van der Waals surface area contributed by atoms with E-state index in [4.69, 9.17) is 16.3 Å². The number of morpholine rings is 1. The van der Waals surface area contributed by atoms with Crippen LogP contribution in [-0.4, -0.2) is 87.4 Å². The zero-order valence-electron chi connectivity index (χ0n) is 15.1. The molecule has 0 radical (unpaired) electrons. The highest BCUT2D eigenvalue weighted by Crippen LogP contribution is 2.49. The molecule has 27 heavy (non-hydrogen) atoms. The predicted molar refractivity (Wildman–Crippen MR) is 98.7 cm³/mol. The summed E-state index contributed by atoms with van der Waals surface area (Å²) < 4.78 is 6.27. The van der Waals surface area contributed by atoms with Gasteiger partial charge in [-0.2, -0.15) is 0 Å². The van der Waals surface area contributed by atoms with E-state index < -0.39 is 5.60 Å². The maximum atomic E-state index is 13.1. The van der Waals surface area contributed by atoms with Gasteiger partial charge in [0.1, 0.15) is 5.60 Å². The zero-order chi connectivity index (χ0) is 19.3. The Morgan fingerprint density at radius 2 is 2.15 bits per heavy atom. The van der Waals surface area contributed by atoms with Crippen molar-refractivity contribution in [2.24, 2.45) is 11.8 Å². The number of likely N-dealkylation sites (tertiary alicyclic amines) is 2. The number of aromatic nitrogens is 2. The molecular weight excluding hydrogens is 392 g/mol. The van der Waals surface area contributed by atoms with Gasteiger partial charge in [0.15, 0.2) is 10.9 Å². The second-order valence-electron chi connectivity index (χ2n) is 7.31. The van der Waals surface area contributed by atoms with E-state index in [1.54, 1.807) is 9.80 Å². The highest BCUT2D eigenvalue weighted by molar-refractivity contribution is 7.98. The number of fused-ring (bicyclic) bond motifs is 1. The standard InChI is InChI=1S/C17H21ClN4O4S/c1-9(24)21-4-11-10(6-23)13-5-22(8-17(11,7-21)26-13)15(25)14-12(18)3-19-16(20-14)27-2/h3,10-11,13,23H,4-8H2,1-2H3/t10-,11+,13+,17-/m0/s1. The molecule has 3 fully saturated rings. The lowest BCUT2D eigenvalue weighted by Crippen LogP contribution is -2.56. The normalized spacial score (nSPS) is 31.9. The van der Waals surface area contributed by atoms with E-state index in [9.17, 15) is 14.7 Å². The van der Waals surface area contributed by atoms with Crippen molar-refractivity contribution in [3.63, 3.8) is 0 Å². The molecule has 4 atom stereocenters. The number of carbonyl (C=O) groups is 2. The number of rotatable bonds is 3. The van der Waals surface area contributed by atoms with Crippen LogP contribution in [0.15, 0.2) is 11.4 Å². The number of nitrogens with zero attached hydrogens (tertiary/aromatic N) is 4. The van der Waals surface area contributed by atoms with Crippen LogP contribution in [0.25, 0.3) is 0 Å². The average molecular weight is 413 g/mol. The molecule has 1 aromatic rings. The molecule has 0 aliphatic carbocycles. The van der Waals surface area contributed by atoms with Crippen LogP contribution in [-0.2, 0) is 9.53 Å². The van der Waals surface area contributed by atoms with Gasteiger partial charge in [0, 0.05) is 38.5 Å². The van der Waals surface area contributed by atoms with Crippen LogP contribution in [0.3, 0.4) is 0 Å². The minimum atomic E-state index is -0.639. The van der Waals surface area contributed by atoms with Gasteiger partial charge >= 0.3 is 0 Å². The van der Waals surface area contributed by atoms with E-state index in [0.29, 0.717) is 31.3 Å². The van der Waals surface area contributed by atoms with Crippen molar-refractivity contribution < 1.29 is 19.4 Å². The molecule has 3 aliphatic heterocycles. The lowest BCUT2D eigenvalue weighted by molar-refractivity contribution is -0.134. The average Bonchev–Trinajstić information content (AvgIpc) is 3.09. The molecule has 8 nitrogen and oxygen atoms in total. The van der Waals surface area contributed by atoms with Crippen molar-refractivity contribution in [3.05, 3.63) is 16.9 Å². The minimum Gasteiger partial charge on any atom is -0.396 e. The van der Waals surface area contributed by atoms with Crippen LogP contribution in [0.4, 0.5) is 0 Å². The van der Waals surface area contributed by atoms with E-state index >= 15 is 0 Å². The van der Waals surface area contributed by atoms with Gasteiger partial charge in [-0.25, -0.2) is 9.97 Å². The van der Waals surface area contributed by atoms with E-state index in [2.05, 4.69) is 9.97 Å². The SMILES string of the molecule is CSc1ncc(Cl)c(C(=O)N2C[C@H]3O[C@@]4(CN(C(C)=O)C[C@@H]4[C@@H]3CO)C2)n1. The van der Waals surface area contributed by atoms with Gasteiger partial charge in [0.05, 0.1) is 30.4 Å². The fourth-order valence-electron chi connectivity index (χ4n) is 4.58. The Labute approximate surface area is 166 Å². The number of hydrogen-bond acceptors (Lipinski definition) is 7. The second kappa shape index (κ2) is 6.88. The predicted octanol–water partition coefficient (Wildman–Crippen LogP) is 0.532. The van der Waals surface area contributed by atoms with Crippen LogP contribution in [0.1, 0.15) is 17.4 Å². The zero-order valence-corrected chi connectivity index (χ0v) is 16.7. The quantitative estimate of drug-likeness (QED) is 0.571. The Morgan fingerprint density at radius 1 is 1.41 bits per heavy atom. The fraction of sp³-hybridized carbons (Fsp3) is 0.647. The Kier molecular flexibility index (Phi) is 4.82. The molecular formula is C17H21ClN4O4S. The van der Waals surface area contributed by atoms with Crippen LogP contribution in [0.2, 0.25) is 5.02 Å². The van der Waals surface area contributed by atoms with Crippen molar-refractivity contribution in [3.8, 4) is 0 Å². The van der Waals surface area contributed by atoms with Gasteiger partial charge < -0.3 is 19.6 Å². The molecule has 4 heterocycles. The summed E-state index contributed by atoms with van der Waals surface area (Å²) in [6, 6.07) is 0. The second-order valence-corrected chi connectivity index (χ2v) is 8.49. The lowest BCUT2D eigenvalue weighted by atomic mass is 9.83. The molecule has 1 N–H and O–H groups in total. The summed E-state index contributed by atoms with van der Waals surface area (Å²) in [6.45, 7) is 3.19. The smallest absolute Gasteiger partial charge is 0.274 e. The minimum absolute atomic E-state index is 0.0110. The molecule has 3 aliphatic rings. The van der Waals surface area contributed by atoms with Gasteiger partial charge in [-0.3, -0.25) is 9.59 Å². The monoisotopic (exact) mass is 412 g/mol. The first-order chi connectivity index (χ1) is 12.9. The summed E-state index contributed by atoms with van der Waals surface area (Å²) in [4.78, 5) is 36.8.